The van der Waals surface area contributed by atoms with Crippen molar-refractivity contribution in [1.82, 2.24) is 15.5 Å². The SMILES string of the molecule is C/C(O)=C(/C(=O)OC(c1ccccc1)c1ccccc1)N1C(=O)C(NC(=O)C(NC(=O)OC(C)(C)C)c2ccccc2)C1SSc1ccc(C)cc1. The molecule has 1 heterocycles. The second-order valence-corrected chi connectivity index (χ2v) is 15.5. The smallest absolute Gasteiger partial charge is 0.408 e. The van der Waals surface area contributed by atoms with E-state index >= 15 is 0 Å². The summed E-state index contributed by atoms with van der Waals surface area (Å²) in [5.41, 5.74) is 1.77. The van der Waals surface area contributed by atoms with E-state index < -0.39 is 58.8 Å². The van der Waals surface area contributed by atoms with E-state index in [0.29, 0.717) is 16.7 Å². The Labute approximate surface area is 311 Å². The molecule has 0 bridgehead atoms. The Hall–Kier alpha value is -5.20. The van der Waals surface area contributed by atoms with Crippen molar-refractivity contribution in [3.8, 4) is 0 Å². The summed E-state index contributed by atoms with van der Waals surface area (Å²) in [7, 11) is 2.58. The minimum absolute atomic E-state index is 0.346. The van der Waals surface area contributed by atoms with Gasteiger partial charge in [-0.3, -0.25) is 14.5 Å². The first-order valence-corrected chi connectivity index (χ1v) is 18.8. The average molecular weight is 740 g/mol. The van der Waals surface area contributed by atoms with Gasteiger partial charge in [-0.1, -0.05) is 130 Å². The van der Waals surface area contributed by atoms with Crippen molar-refractivity contribution in [2.45, 2.75) is 68.7 Å². The Morgan fingerprint density at radius 3 is 1.83 bits per heavy atom. The number of aryl methyl sites for hydroxylation is 1. The molecule has 0 radical (unpaired) electrons. The number of nitrogens with zero attached hydrogens (tertiary/aromatic N) is 1. The van der Waals surface area contributed by atoms with Crippen LogP contribution in [0, 0.1) is 6.92 Å². The molecule has 4 aromatic rings. The van der Waals surface area contributed by atoms with E-state index in [0.717, 1.165) is 15.4 Å². The van der Waals surface area contributed by atoms with Crippen LogP contribution in [0.5, 0.6) is 0 Å². The van der Waals surface area contributed by atoms with Gasteiger partial charge in [-0.25, -0.2) is 9.59 Å². The number of ether oxygens (including phenoxy) is 2. The number of aliphatic hydroxyl groups excluding tert-OH is 1. The third-order valence-electron chi connectivity index (χ3n) is 7.87. The Balaban J connectivity index is 1.44. The number of rotatable bonds is 12. The molecule has 12 heteroatoms. The van der Waals surface area contributed by atoms with E-state index in [1.807, 2.05) is 91.9 Å². The molecule has 52 heavy (non-hydrogen) atoms. The van der Waals surface area contributed by atoms with Gasteiger partial charge in [-0.05, 0) is 63.4 Å². The highest BCUT2D eigenvalue weighted by molar-refractivity contribution is 8.77. The van der Waals surface area contributed by atoms with E-state index in [2.05, 4.69) is 10.6 Å². The van der Waals surface area contributed by atoms with Crippen molar-refractivity contribution >= 4 is 45.5 Å². The molecular formula is C40H41N3O7S2. The maximum atomic E-state index is 14.0. The molecule has 0 aliphatic carbocycles. The summed E-state index contributed by atoms with van der Waals surface area (Å²) in [4.78, 5) is 56.9. The van der Waals surface area contributed by atoms with Gasteiger partial charge >= 0.3 is 12.1 Å². The number of carbonyl (C=O) groups excluding carboxylic acids is 4. The first kappa shape index (κ1) is 38.0. The van der Waals surface area contributed by atoms with Crippen LogP contribution in [0.3, 0.4) is 0 Å². The summed E-state index contributed by atoms with van der Waals surface area (Å²) in [5.74, 6) is -2.66. The van der Waals surface area contributed by atoms with E-state index in [1.165, 1.54) is 28.5 Å². The molecule has 3 amide bonds. The normalized spacial score (nSPS) is 16.7. The van der Waals surface area contributed by atoms with Gasteiger partial charge in [0.1, 0.15) is 28.8 Å². The lowest BCUT2D eigenvalue weighted by Crippen LogP contribution is -2.70. The quantitative estimate of drug-likeness (QED) is 0.0438. The molecule has 1 aliphatic rings. The van der Waals surface area contributed by atoms with Gasteiger partial charge in [0.2, 0.25) is 5.91 Å². The molecule has 1 saturated heterocycles. The maximum absolute atomic E-state index is 14.0. The Bertz CT molecular complexity index is 1860. The van der Waals surface area contributed by atoms with Crippen LogP contribution in [-0.2, 0) is 23.9 Å². The van der Waals surface area contributed by atoms with Crippen LogP contribution in [0.2, 0.25) is 0 Å². The van der Waals surface area contributed by atoms with Crippen LogP contribution in [0.1, 0.15) is 62.1 Å². The van der Waals surface area contributed by atoms with Gasteiger partial charge in [0.15, 0.2) is 11.8 Å². The number of carbonyl (C=O) groups is 4. The van der Waals surface area contributed by atoms with Crippen LogP contribution >= 0.6 is 21.6 Å². The number of allylic oxidation sites excluding steroid dienone is 1. The van der Waals surface area contributed by atoms with Gasteiger partial charge in [0, 0.05) is 4.90 Å². The standard InChI is InChI=1S/C40H41N3O7S2/c1-25-21-23-30(24-22-25)51-52-37-32(41-35(45)31(27-15-9-6-10-16-27)42-39(48)50-40(3,4)5)36(46)43(37)33(26(2)44)38(47)49-34(28-17-11-7-12-18-28)29-19-13-8-14-20-29/h6-24,31-32,34,37,44H,1-5H3,(H,41,45)(H,42,48)/b33-26+. The number of likely N-dealkylation sites (tertiary alicyclic amines) is 1. The summed E-state index contributed by atoms with van der Waals surface area (Å²) >= 11 is 0. The zero-order chi connectivity index (χ0) is 37.4. The van der Waals surface area contributed by atoms with Crippen molar-refractivity contribution in [1.29, 1.82) is 0 Å². The maximum Gasteiger partial charge on any atom is 0.408 e. The van der Waals surface area contributed by atoms with Gasteiger partial charge in [-0.15, -0.1) is 0 Å². The van der Waals surface area contributed by atoms with Crippen molar-refractivity contribution < 1.29 is 33.8 Å². The highest BCUT2D eigenvalue weighted by Crippen LogP contribution is 2.44. The molecule has 4 aromatic carbocycles. The van der Waals surface area contributed by atoms with Gasteiger partial charge in [0.25, 0.3) is 5.91 Å². The third kappa shape index (κ3) is 9.56. The van der Waals surface area contributed by atoms with Gasteiger partial charge < -0.3 is 25.2 Å². The molecule has 10 nitrogen and oxygen atoms in total. The first-order valence-electron chi connectivity index (χ1n) is 16.6. The van der Waals surface area contributed by atoms with Crippen LogP contribution < -0.4 is 10.6 Å². The lowest BCUT2D eigenvalue weighted by atomic mass is 10.0. The molecule has 3 atom stereocenters. The van der Waals surface area contributed by atoms with Crippen molar-refractivity contribution in [2.24, 2.45) is 0 Å². The van der Waals surface area contributed by atoms with E-state index in [1.54, 1.807) is 51.1 Å². The molecule has 0 spiro atoms. The molecule has 1 fully saturated rings. The molecular weight excluding hydrogens is 699 g/mol. The molecule has 3 N–H and O–H groups in total. The summed E-state index contributed by atoms with van der Waals surface area (Å²) in [6.45, 7) is 8.40. The monoisotopic (exact) mass is 739 g/mol. The molecule has 0 saturated carbocycles. The number of aliphatic hydroxyl groups is 1. The summed E-state index contributed by atoms with van der Waals surface area (Å²) in [6.07, 6.45) is -1.65. The van der Waals surface area contributed by atoms with Crippen molar-refractivity contribution in [3.05, 3.63) is 149 Å². The van der Waals surface area contributed by atoms with Crippen LogP contribution in [0.15, 0.2) is 132 Å². The van der Waals surface area contributed by atoms with E-state index in [4.69, 9.17) is 9.47 Å². The Morgan fingerprint density at radius 1 is 0.808 bits per heavy atom. The minimum atomic E-state index is -1.20. The largest absolute Gasteiger partial charge is 0.510 e. The molecule has 0 aromatic heterocycles. The summed E-state index contributed by atoms with van der Waals surface area (Å²) in [6, 6.07) is 32.3. The van der Waals surface area contributed by atoms with E-state index in [-0.39, 0.29) is 5.70 Å². The fourth-order valence-electron chi connectivity index (χ4n) is 5.41. The highest BCUT2D eigenvalue weighted by Gasteiger charge is 2.53. The predicted octanol–water partition coefficient (Wildman–Crippen LogP) is 7.78. The number of β-lactam (4-membered cyclic amide) rings is 1. The van der Waals surface area contributed by atoms with Crippen molar-refractivity contribution in [2.75, 3.05) is 0 Å². The zero-order valence-electron chi connectivity index (χ0n) is 29.4. The lowest BCUT2D eigenvalue weighted by molar-refractivity contribution is -0.155. The lowest BCUT2D eigenvalue weighted by Gasteiger charge is -2.46. The third-order valence-corrected chi connectivity index (χ3v) is 10.6. The van der Waals surface area contributed by atoms with Gasteiger partial charge in [0.05, 0.1) is 0 Å². The van der Waals surface area contributed by atoms with Crippen LogP contribution in [0.25, 0.3) is 0 Å². The second-order valence-electron chi connectivity index (χ2n) is 13.1. The fraction of sp³-hybridized carbons (Fsp3) is 0.250. The van der Waals surface area contributed by atoms with E-state index in [9.17, 15) is 24.3 Å². The number of esters is 1. The molecule has 5 rings (SSSR count). The highest BCUT2D eigenvalue weighted by atomic mass is 33.1. The number of alkyl carbamates (subject to hydrolysis) is 1. The Kier molecular flexibility index (Phi) is 12.3. The second kappa shape index (κ2) is 16.9. The number of nitrogens with one attached hydrogen (secondary N) is 2. The first-order chi connectivity index (χ1) is 24.8. The van der Waals surface area contributed by atoms with Crippen LogP contribution in [0.4, 0.5) is 4.79 Å². The predicted molar refractivity (Wildman–Crippen MR) is 202 cm³/mol. The van der Waals surface area contributed by atoms with Crippen LogP contribution in [-0.4, -0.2) is 50.9 Å². The summed E-state index contributed by atoms with van der Waals surface area (Å²) in [5, 5.41) is 15.5. The average Bonchev–Trinajstić information content (AvgIpc) is 3.12. The van der Waals surface area contributed by atoms with Gasteiger partial charge in [-0.2, -0.15) is 0 Å². The summed E-state index contributed by atoms with van der Waals surface area (Å²) < 4.78 is 11.5. The number of benzene rings is 4. The number of hydrogen-bond donors (Lipinski definition) is 3. The molecule has 3 unspecified atom stereocenters. The van der Waals surface area contributed by atoms with Crippen molar-refractivity contribution in [3.63, 3.8) is 0 Å². The molecule has 1 aliphatic heterocycles. The molecule has 270 valence electrons. The zero-order valence-corrected chi connectivity index (χ0v) is 31.1. The minimum Gasteiger partial charge on any atom is -0.510 e. The number of amides is 3. The number of hydrogen-bond acceptors (Lipinski definition) is 9. The fourth-order valence-corrected chi connectivity index (χ4v) is 8.01. The topological polar surface area (TPSA) is 134 Å². The Morgan fingerprint density at radius 2 is 1.33 bits per heavy atom.